The maximum Gasteiger partial charge on any atom is 0.303 e. The fraction of sp³-hybridized carbons (Fsp3) is 0.765. The van der Waals surface area contributed by atoms with Crippen LogP contribution in [0.3, 0.4) is 0 Å². The van der Waals surface area contributed by atoms with Crippen molar-refractivity contribution in [3.05, 3.63) is 11.7 Å². The van der Waals surface area contributed by atoms with Crippen molar-refractivity contribution in [1.29, 1.82) is 0 Å². The molecular formula is C17H29N5O7S. The monoisotopic (exact) mass is 447 g/mol. The quantitative estimate of drug-likeness (QED) is 0.473. The highest BCUT2D eigenvalue weighted by Gasteiger charge is 2.30. The molecule has 0 bridgehead atoms. The Bertz CT molecular complexity index is 803. The molecule has 1 aliphatic rings. The van der Waals surface area contributed by atoms with Gasteiger partial charge in [0, 0.05) is 32.6 Å². The van der Waals surface area contributed by atoms with Gasteiger partial charge < -0.3 is 18.9 Å². The minimum Gasteiger partial charge on any atom is -0.378 e. The number of hydrogen-bond acceptors (Lipinski definition) is 9. The predicted molar refractivity (Wildman–Crippen MR) is 104 cm³/mol. The molecule has 13 heteroatoms. The highest BCUT2D eigenvalue weighted by Crippen LogP contribution is 2.08. The Labute approximate surface area is 176 Å². The Morgan fingerprint density at radius 1 is 1.23 bits per heavy atom. The first kappa shape index (κ1) is 24.2. The van der Waals surface area contributed by atoms with Crippen molar-refractivity contribution in [2.75, 3.05) is 39.4 Å². The zero-order valence-corrected chi connectivity index (χ0v) is 18.3. The summed E-state index contributed by atoms with van der Waals surface area (Å²) >= 11 is 0. The second-order valence-corrected chi connectivity index (χ2v) is 8.60. The molecule has 1 aromatic rings. The molecule has 0 radical (unpaired) electrons. The topological polar surface area (TPSA) is 144 Å². The van der Waals surface area contributed by atoms with Crippen LogP contribution in [0.25, 0.3) is 0 Å². The molecule has 1 aliphatic heterocycles. The summed E-state index contributed by atoms with van der Waals surface area (Å²) in [6.45, 7) is 6.11. The molecule has 1 N–H and O–H groups in total. The Balaban J connectivity index is 1.70. The number of carbonyl (C=O) groups excluding carboxylic acids is 2. The zero-order valence-electron chi connectivity index (χ0n) is 17.5. The van der Waals surface area contributed by atoms with Crippen LogP contribution in [0.4, 0.5) is 0 Å². The van der Waals surface area contributed by atoms with Gasteiger partial charge in [0.25, 0.3) is 5.89 Å². The number of carbonyl (C=O) groups is 2. The largest absolute Gasteiger partial charge is 0.378 e. The van der Waals surface area contributed by atoms with Gasteiger partial charge in [0.15, 0.2) is 5.82 Å². The maximum absolute atomic E-state index is 12.3. The first-order chi connectivity index (χ1) is 14.2. The zero-order chi connectivity index (χ0) is 22.1. The number of ether oxygens (including phenoxy) is 2. The smallest absolute Gasteiger partial charge is 0.303 e. The molecule has 30 heavy (non-hydrogen) atoms. The normalized spacial score (nSPS) is 15.5. The lowest BCUT2D eigenvalue weighted by Crippen LogP contribution is -2.54. The van der Waals surface area contributed by atoms with E-state index in [1.165, 1.54) is 4.90 Å². The van der Waals surface area contributed by atoms with Gasteiger partial charge in [-0.15, -0.1) is 0 Å². The van der Waals surface area contributed by atoms with Crippen LogP contribution in [0.1, 0.15) is 38.9 Å². The number of nitrogens with one attached hydrogen (secondary N) is 1. The molecule has 0 unspecified atom stereocenters. The second-order valence-electron chi connectivity index (χ2n) is 6.93. The fourth-order valence-electron chi connectivity index (χ4n) is 2.63. The SMILES string of the molecule is CCc1noc(COCC(=O)N2CCN(S(=O)(=O)NC(=O)CCOC(C)C)CC2)n1. The predicted octanol–water partition coefficient (Wildman–Crippen LogP) is -0.531. The van der Waals surface area contributed by atoms with E-state index in [0.29, 0.717) is 18.1 Å². The Kier molecular flexibility index (Phi) is 9.14. The van der Waals surface area contributed by atoms with Gasteiger partial charge in [-0.05, 0) is 13.8 Å². The number of nitrogens with zero attached hydrogens (tertiary/aromatic N) is 4. The van der Waals surface area contributed by atoms with E-state index in [2.05, 4.69) is 10.1 Å². The van der Waals surface area contributed by atoms with Gasteiger partial charge in [-0.1, -0.05) is 12.1 Å². The molecule has 170 valence electrons. The van der Waals surface area contributed by atoms with Gasteiger partial charge in [-0.3, -0.25) is 9.59 Å². The molecule has 1 aromatic heterocycles. The van der Waals surface area contributed by atoms with Crippen LogP contribution in [-0.2, 0) is 42.3 Å². The minimum absolute atomic E-state index is 0.0274. The maximum atomic E-state index is 12.3. The number of amides is 2. The lowest BCUT2D eigenvalue weighted by Gasteiger charge is -2.33. The van der Waals surface area contributed by atoms with Crippen molar-refractivity contribution < 1.29 is 32.0 Å². The standard InChI is InChI=1S/C17H29N5O7S/c1-4-14-18-16(29-19-14)11-27-12-17(24)21-6-8-22(9-7-21)30(25,26)20-15(23)5-10-28-13(2)3/h13H,4-12H2,1-3H3,(H,20,23). The van der Waals surface area contributed by atoms with Gasteiger partial charge in [0.2, 0.25) is 11.8 Å². The average molecular weight is 448 g/mol. The first-order valence-electron chi connectivity index (χ1n) is 9.80. The number of aryl methyl sites for hydroxylation is 1. The molecular weight excluding hydrogens is 418 g/mol. The number of hydrogen-bond donors (Lipinski definition) is 1. The molecule has 1 fully saturated rings. The van der Waals surface area contributed by atoms with Gasteiger partial charge in [-0.2, -0.15) is 17.7 Å². The first-order valence-corrected chi connectivity index (χ1v) is 11.2. The summed E-state index contributed by atoms with van der Waals surface area (Å²) in [6.07, 6.45) is 0.555. The van der Waals surface area contributed by atoms with Crippen LogP contribution < -0.4 is 4.72 Å². The third-order valence-electron chi connectivity index (χ3n) is 4.23. The fourth-order valence-corrected chi connectivity index (χ4v) is 3.80. The summed E-state index contributed by atoms with van der Waals surface area (Å²) in [5.74, 6) is -0.0335. The van der Waals surface area contributed by atoms with Gasteiger partial charge in [0.1, 0.15) is 13.2 Å². The Morgan fingerprint density at radius 2 is 1.93 bits per heavy atom. The Hall–Kier alpha value is -2.09. The van der Waals surface area contributed by atoms with Crippen molar-refractivity contribution in [3.63, 3.8) is 0 Å². The molecule has 2 heterocycles. The van der Waals surface area contributed by atoms with E-state index in [1.807, 2.05) is 25.5 Å². The van der Waals surface area contributed by atoms with E-state index in [4.69, 9.17) is 14.0 Å². The van der Waals surface area contributed by atoms with E-state index in [9.17, 15) is 18.0 Å². The molecule has 0 saturated carbocycles. The van der Waals surface area contributed by atoms with E-state index in [0.717, 1.165) is 4.31 Å². The summed E-state index contributed by atoms with van der Waals surface area (Å²) in [4.78, 5) is 29.6. The lowest BCUT2D eigenvalue weighted by molar-refractivity contribution is -0.138. The number of piperazine rings is 1. The molecule has 0 aromatic carbocycles. The highest BCUT2D eigenvalue weighted by molar-refractivity contribution is 7.87. The third-order valence-corrected chi connectivity index (χ3v) is 5.76. The Morgan fingerprint density at radius 3 is 2.53 bits per heavy atom. The average Bonchev–Trinajstić information content (AvgIpc) is 3.15. The van der Waals surface area contributed by atoms with Crippen LogP contribution in [-0.4, -0.2) is 85.1 Å². The summed E-state index contributed by atoms with van der Waals surface area (Å²) in [6, 6.07) is 0. The van der Waals surface area contributed by atoms with Crippen LogP contribution >= 0.6 is 0 Å². The second kappa shape index (κ2) is 11.3. The molecule has 0 aliphatic carbocycles. The van der Waals surface area contributed by atoms with Crippen LogP contribution in [0.15, 0.2) is 4.52 Å². The van der Waals surface area contributed by atoms with Crippen LogP contribution in [0.2, 0.25) is 0 Å². The van der Waals surface area contributed by atoms with Crippen molar-refractivity contribution in [3.8, 4) is 0 Å². The van der Waals surface area contributed by atoms with E-state index >= 15 is 0 Å². The van der Waals surface area contributed by atoms with Crippen LogP contribution in [0.5, 0.6) is 0 Å². The van der Waals surface area contributed by atoms with Crippen LogP contribution in [0, 0.1) is 0 Å². The van der Waals surface area contributed by atoms with Gasteiger partial charge in [0.05, 0.1) is 19.1 Å². The molecule has 1 saturated heterocycles. The summed E-state index contributed by atoms with van der Waals surface area (Å²) in [5, 5.41) is 3.74. The van der Waals surface area contributed by atoms with Gasteiger partial charge >= 0.3 is 10.2 Å². The van der Waals surface area contributed by atoms with Crippen molar-refractivity contribution in [1.82, 2.24) is 24.1 Å². The molecule has 2 rings (SSSR count). The number of rotatable bonds is 11. The van der Waals surface area contributed by atoms with Gasteiger partial charge in [-0.25, -0.2) is 4.72 Å². The molecule has 0 spiro atoms. The minimum atomic E-state index is -3.95. The summed E-state index contributed by atoms with van der Waals surface area (Å²) < 4.78 is 43.3. The number of aromatic nitrogens is 2. The molecule has 12 nitrogen and oxygen atoms in total. The van der Waals surface area contributed by atoms with E-state index in [-0.39, 0.29) is 64.4 Å². The van der Waals surface area contributed by atoms with E-state index in [1.54, 1.807) is 0 Å². The van der Waals surface area contributed by atoms with Crippen molar-refractivity contribution in [2.45, 2.75) is 46.3 Å². The highest BCUT2D eigenvalue weighted by atomic mass is 32.2. The molecule has 2 amide bonds. The van der Waals surface area contributed by atoms with E-state index < -0.39 is 16.1 Å². The summed E-state index contributed by atoms with van der Waals surface area (Å²) in [5.41, 5.74) is 0. The summed E-state index contributed by atoms with van der Waals surface area (Å²) in [7, 11) is -3.95. The van der Waals surface area contributed by atoms with Crippen molar-refractivity contribution in [2.24, 2.45) is 0 Å². The van der Waals surface area contributed by atoms with Crippen molar-refractivity contribution >= 4 is 22.0 Å². The lowest BCUT2D eigenvalue weighted by atomic mass is 10.3. The molecule has 0 atom stereocenters. The third kappa shape index (κ3) is 7.63.